The molecule has 2 aliphatic rings. The zero-order valence-electron chi connectivity index (χ0n) is 11.6. The van der Waals surface area contributed by atoms with Gasteiger partial charge in [0.2, 0.25) is 0 Å². The van der Waals surface area contributed by atoms with Gasteiger partial charge in [0.15, 0.2) is 0 Å². The van der Waals surface area contributed by atoms with Crippen molar-refractivity contribution < 1.29 is 0 Å². The Hall–Kier alpha value is -2.28. The van der Waals surface area contributed by atoms with E-state index in [0.717, 1.165) is 6.42 Å². The zero-order valence-corrected chi connectivity index (χ0v) is 11.6. The predicted octanol–water partition coefficient (Wildman–Crippen LogP) is 5.07. The minimum Gasteiger partial charge on any atom is -0.313 e. The van der Waals surface area contributed by atoms with E-state index in [2.05, 4.69) is 78.6 Å². The van der Waals surface area contributed by atoms with Crippen molar-refractivity contribution in [1.82, 2.24) is 0 Å². The SMILES string of the molecule is Cc1ccc2c(c1)C1CC=CC=C1N2c1ccccc1. The van der Waals surface area contributed by atoms with E-state index in [1.165, 1.54) is 28.2 Å². The first kappa shape index (κ1) is 11.5. The third-order valence-electron chi connectivity index (χ3n) is 4.20. The highest BCUT2D eigenvalue weighted by Gasteiger charge is 2.34. The third-order valence-corrected chi connectivity index (χ3v) is 4.20. The highest BCUT2D eigenvalue weighted by atomic mass is 15.2. The Morgan fingerprint density at radius 1 is 1.05 bits per heavy atom. The predicted molar refractivity (Wildman–Crippen MR) is 84.3 cm³/mol. The Bertz CT molecular complexity index is 710. The molecule has 2 aromatic carbocycles. The van der Waals surface area contributed by atoms with Crippen LogP contribution in [0.1, 0.15) is 23.5 Å². The van der Waals surface area contributed by atoms with Gasteiger partial charge in [-0.25, -0.2) is 0 Å². The van der Waals surface area contributed by atoms with Crippen molar-refractivity contribution in [2.24, 2.45) is 0 Å². The van der Waals surface area contributed by atoms with Gasteiger partial charge in [-0.15, -0.1) is 0 Å². The van der Waals surface area contributed by atoms with E-state index < -0.39 is 0 Å². The smallest absolute Gasteiger partial charge is 0.0497 e. The maximum absolute atomic E-state index is 2.41. The summed E-state index contributed by atoms with van der Waals surface area (Å²) in [7, 11) is 0. The molecule has 1 heteroatoms. The Balaban J connectivity index is 1.94. The summed E-state index contributed by atoms with van der Waals surface area (Å²) in [6.07, 6.45) is 7.82. The maximum atomic E-state index is 2.41. The minimum atomic E-state index is 0.509. The Labute approximate surface area is 119 Å². The molecule has 0 saturated carbocycles. The lowest BCUT2D eigenvalue weighted by Crippen LogP contribution is -2.14. The molecule has 20 heavy (non-hydrogen) atoms. The van der Waals surface area contributed by atoms with Crippen molar-refractivity contribution in [3.63, 3.8) is 0 Å². The number of anilines is 2. The second-order valence-corrected chi connectivity index (χ2v) is 5.54. The van der Waals surface area contributed by atoms with Crippen LogP contribution in [0, 0.1) is 6.92 Å². The summed E-state index contributed by atoms with van der Waals surface area (Å²) in [6.45, 7) is 2.17. The molecule has 1 aliphatic carbocycles. The average Bonchev–Trinajstić information content (AvgIpc) is 2.82. The topological polar surface area (TPSA) is 3.24 Å². The number of para-hydroxylation sites is 1. The molecule has 1 aliphatic heterocycles. The van der Waals surface area contributed by atoms with Crippen LogP contribution < -0.4 is 4.90 Å². The molecule has 0 bridgehead atoms. The van der Waals surface area contributed by atoms with Crippen LogP contribution in [0.4, 0.5) is 11.4 Å². The molecule has 0 amide bonds. The van der Waals surface area contributed by atoms with Gasteiger partial charge < -0.3 is 4.90 Å². The quantitative estimate of drug-likeness (QED) is 0.690. The lowest BCUT2D eigenvalue weighted by Gasteiger charge is -2.24. The summed E-state index contributed by atoms with van der Waals surface area (Å²) in [6, 6.07) is 17.5. The molecular weight excluding hydrogens is 242 g/mol. The normalized spacial score (nSPS) is 19.6. The molecule has 1 nitrogen and oxygen atoms in total. The van der Waals surface area contributed by atoms with Crippen LogP contribution in [0.2, 0.25) is 0 Å². The Morgan fingerprint density at radius 3 is 2.75 bits per heavy atom. The van der Waals surface area contributed by atoms with Crippen molar-refractivity contribution >= 4 is 11.4 Å². The second-order valence-electron chi connectivity index (χ2n) is 5.54. The van der Waals surface area contributed by atoms with Gasteiger partial charge in [0, 0.05) is 23.0 Å². The van der Waals surface area contributed by atoms with Crippen molar-refractivity contribution in [1.29, 1.82) is 0 Å². The number of benzene rings is 2. The molecule has 0 N–H and O–H groups in total. The molecule has 4 rings (SSSR count). The molecule has 98 valence electrons. The number of hydrogen-bond donors (Lipinski definition) is 0. The molecule has 0 radical (unpaired) electrons. The van der Waals surface area contributed by atoms with E-state index in [4.69, 9.17) is 0 Å². The lowest BCUT2D eigenvalue weighted by atomic mass is 9.91. The number of rotatable bonds is 1. The number of allylic oxidation sites excluding steroid dienone is 4. The standard InChI is InChI=1S/C19H17N/c1-14-11-12-19-17(13-14)16-9-5-6-10-18(16)20(19)15-7-3-2-4-8-15/h2-8,10-13,16H,9H2,1H3. The van der Waals surface area contributed by atoms with Crippen LogP contribution in [0.15, 0.2) is 72.5 Å². The van der Waals surface area contributed by atoms with Crippen LogP contribution in [0.3, 0.4) is 0 Å². The van der Waals surface area contributed by atoms with E-state index in [0.29, 0.717) is 5.92 Å². The summed E-state index contributed by atoms with van der Waals surface area (Å²) < 4.78 is 0. The first-order valence-corrected chi connectivity index (χ1v) is 7.17. The van der Waals surface area contributed by atoms with Crippen LogP contribution in [-0.2, 0) is 0 Å². The van der Waals surface area contributed by atoms with E-state index >= 15 is 0 Å². The summed E-state index contributed by atoms with van der Waals surface area (Å²) in [5, 5.41) is 0. The molecule has 0 aromatic heterocycles. The zero-order chi connectivity index (χ0) is 13.5. The molecule has 1 atom stereocenters. The van der Waals surface area contributed by atoms with Gasteiger partial charge in [0.05, 0.1) is 0 Å². The molecule has 0 saturated heterocycles. The summed E-state index contributed by atoms with van der Waals surface area (Å²) in [5.74, 6) is 0.509. The highest BCUT2D eigenvalue weighted by molar-refractivity contribution is 5.79. The van der Waals surface area contributed by atoms with Crippen LogP contribution in [0.25, 0.3) is 0 Å². The summed E-state index contributed by atoms with van der Waals surface area (Å²) >= 11 is 0. The van der Waals surface area contributed by atoms with Gasteiger partial charge in [-0.3, -0.25) is 0 Å². The first-order valence-electron chi connectivity index (χ1n) is 7.17. The fraction of sp³-hybridized carbons (Fsp3) is 0.158. The van der Waals surface area contributed by atoms with Gasteiger partial charge in [-0.1, -0.05) is 48.0 Å². The molecule has 1 heterocycles. The lowest BCUT2D eigenvalue weighted by molar-refractivity contribution is 0.819. The van der Waals surface area contributed by atoms with Crippen molar-refractivity contribution in [2.45, 2.75) is 19.3 Å². The highest BCUT2D eigenvalue weighted by Crippen LogP contribution is 2.50. The van der Waals surface area contributed by atoms with Crippen molar-refractivity contribution in [3.05, 3.63) is 83.6 Å². The van der Waals surface area contributed by atoms with E-state index in [9.17, 15) is 0 Å². The molecule has 2 aromatic rings. The molecular formula is C19H17N. The first-order chi connectivity index (χ1) is 9.84. The molecule has 0 fully saturated rings. The monoisotopic (exact) mass is 259 g/mol. The second kappa shape index (κ2) is 4.38. The molecule has 0 spiro atoms. The fourth-order valence-electron chi connectivity index (χ4n) is 3.30. The van der Waals surface area contributed by atoms with Gasteiger partial charge in [-0.2, -0.15) is 0 Å². The van der Waals surface area contributed by atoms with Crippen LogP contribution in [-0.4, -0.2) is 0 Å². The molecule has 1 unspecified atom stereocenters. The van der Waals surface area contributed by atoms with Crippen molar-refractivity contribution in [2.75, 3.05) is 4.90 Å². The number of fused-ring (bicyclic) bond motifs is 3. The van der Waals surface area contributed by atoms with Gasteiger partial charge in [0.1, 0.15) is 0 Å². The number of nitrogens with zero attached hydrogens (tertiary/aromatic N) is 1. The van der Waals surface area contributed by atoms with Crippen molar-refractivity contribution in [3.8, 4) is 0 Å². The third kappa shape index (κ3) is 1.63. The van der Waals surface area contributed by atoms with E-state index in [1.54, 1.807) is 0 Å². The number of hydrogen-bond acceptors (Lipinski definition) is 1. The Morgan fingerprint density at radius 2 is 1.90 bits per heavy atom. The van der Waals surface area contributed by atoms with E-state index in [-0.39, 0.29) is 0 Å². The maximum Gasteiger partial charge on any atom is 0.0497 e. The van der Waals surface area contributed by atoms with Gasteiger partial charge in [0.25, 0.3) is 0 Å². The fourth-order valence-corrected chi connectivity index (χ4v) is 3.30. The number of aryl methyl sites for hydroxylation is 1. The summed E-state index contributed by atoms with van der Waals surface area (Å²) in [4.78, 5) is 2.41. The Kier molecular flexibility index (Phi) is 2.53. The van der Waals surface area contributed by atoms with E-state index in [1.807, 2.05) is 0 Å². The van der Waals surface area contributed by atoms with Crippen LogP contribution in [0.5, 0.6) is 0 Å². The summed E-state index contributed by atoms with van der Waals surface area (Å²) in [5.41, 5.74) is 6.79. The van der Waals surface area contributed by atoms with Gasteiger partial charge in [-0.05, 0) is 43.2 Å². The average molecular weight is 259 g/mol. The minimum absolute atomic E-state index is 0.509. The van der Waals surface area contributed by atoms with Crippen LogP contribution >= 0.6 is 0 Å². The van der Waals surface area contributed by atoms with Gasteiger partial charge >= 0.3 is 0 Å². The largest absolute Gasteiger partial charge is 0.313 e.